The number of nitrogens with one attached hydrogen (secondary N) is 1. The predicted octanol–water partition coefficient (Wildman–Crippen LogP) is 3.04. The Bertz CT molecular complexity index is 586. The number of pyridine rings is 1. The molecule has 4 heteroatoms. The Kier molecular flexibility index (Phi) is 4.69. The molecule has 1 aromatic carbocycles. The lowest BCUT2D eigenvalue weighted by atomic mass is 10.00. The van der Waals surface area contributed by atoms with Gasteiger partial charge in [0.25, 0.3) is 0 Å². The van der Waals surface area contributed by atoms with Crippen molar-refractivity contribution in [2.75, 3.05) is 14.2 Å². The standard InChI is InChI=1S/C16H19FN2O/c1-11-5-4-8-19-16(11)14(18-2)10-12-6-7-15(20-3)13(17)9-12/h4-9,14,18H,10H2,1-3H3. The fourth-order valence-electron chi connectivity index (χ4n) is 2.27. The predicted molar refractivity (Wildman–Crippen MR) is 77.4 cm³/mol. The molecule has 2 rings (SSSR count). The third-order valence-corrected chi connectivity index (χ3v) is 3.38. The highest BCUT2D eigenvalue weighted by molar-refractivity contribution is 5.31. The molecule has 0 amide bonds. The Labute approximate surface area is 118 Å². The van der Waals surface area contributed by atoms with Crippen molar-refractivity contribution in [3.8, 4) is 5.75 Å². The van der Waals surface area contributed by atoms with Gasteiger partial charge in [-0.05, 0) is 49.7 Å². The van der Waals surface area contributed by atoms with Gasteiger partial charge in [0.1, 0.15) is 0 Å². The molecule has 106 valence electrons. The minimum Gasteiger partial charge on any atom is -0.494 e. The van der Waals surface area contributed by atoms with Crippen LogP contribution in [-0.2, 0) is 6.42 Å². The van der Waals surface area contributed by atoms with E-state index in [0.717, 1.165) is 16.8 Å². The molecule has 3 nitrogen and oxygen atoms in total. The van der Waals surface area contributed by atoms with Crippen LogP contribution in [0.5, 0.6) is 5.75 Å². The number of aromatic nitrogens is 1. The molecule has 0 radical (unpaired) electrons. The first-order valence-corrected chi connectivity index (χ1v) is 6.57. The summed E-state index contributed by atoms with van der Waals surface area (Å²) in [5.74, 6) is -0.0682. The molecule has 1 unspecified atom stereocenters. The molecule has 1 aromatic heterocycles. The highest BCUT2D eigenvalue weighted by Gasteiger charge is 2.14. The van der Waals surface area contributed by atoms with E-state index in [2.05, 4.69) is 10.3 Å². The van der Waals surface area contributed by atoms with E-state index in [4.69, 9.17) is 4.74 Å². The highest BCUT2D eigenvalue weighted by Crippen LogP contribution is 2.23. The minimum atomic E-state index is -0.336. The lowest BCUT2D eigenvalue weighted by Gasteiger charge is -2.18. The van der Waals surface area contributed by atoms with Crippen LogP contribution >= 0.6 is 0 Å². The molecule has 1 N–H and O–H groups in total. The van der Waals surface area contributed by atoms with E-state index >= 15 is 0 Å². The molecule has 20 heavy (non-hydrogen) atoms. The molecule has 1 heterocycles. The van der Waals surface area contributed by atoms with Gasteiger partial charge >= 0.3 is 0 Å². The van der Waals surface area contributed by atoms with Crippen molar-refractivity contribution in [3.63, 3.8) is 0 Å². The fourth-order valence-corrected chi connectivity index (χ4v) is 2.27. The number of rotatable bonds is 5. The monoisotopic (exact) mass is 274 g/mol. The second kappa shape index (κ2) is 6.48. The van der Waals surface area contributed by atoms with Crippen LogP contribution in [-0.4, -0.2) is 19.1 Å². The third kappa shape index (κ3) is 3.14. The van der Waals surface area contributed by atoms with Crippen LogP contribution < -0.4 is 10.1 Å². The average molecular weight is 274 g/mol. The number of hydrogen-bond donors (Lipinski definition) is 1. The fraction of sp³-hybridized carbons (Fsp3) is 0.312. The molecular weight excluding hydrogens is 255 g/mol. The summed E-state index contributed by atoms with van der Waals surface area (Å²) in [6.07, 6.45) is 2.45. The number of aryl methyl sites for hydroxylation is 1. The summed E-state index contributed by atoms with van der Waals surface area (Å²) >= 11 is 0. The van der Waals surface area contributed by atoms with Crippen molar-refractivity contribution in [3.05, 3.63) is 59.2 Å². The molecule has 0 bridgehead atoms. The lowest BCUT2D eigenvalue weighted by molar-refractivity contribution is 0.386. The van der Waals surface area contributed by atoms with Gasteiger partial charge in [0, 0.05) is 6.20 Å². The molecule has 0 aliphatic carbocycles. The van der Waals surface area contributed by atoms with Crippen LogP contribution in [0, 0.1) is 12.7 Å². The summed E-state index contributed by atoms with van der Waals surface area (Å²) < 4.78 is 18.7. The molecule has 0 aliphatic rings. The maximum absolute atomic E-state index is 13.7. The van der Waals surface area contributed by atoms with E-state index in [9.17, 15) is 4.39 Å². The van der Waals surface area contributed by atoms with E-state index in [1.807, 2.05) is 32.2 Å². The van der Waals surface area contributed by atoms with Gasteiger partial charge in [-0.15, -0.1) is 0 Å². The lowest BCUT2D eigenvalue weighted by Crippen LogP contribution is -2.21. The zero-order valence-electron chi connectivity index (χ0n) is 12.0. The van der Waals surface area contributed by atoms with E-state index in [-0.39, 0.29) is 17.6 Å². The first kappa shape index (κ1) is 14.5. The number of likely N-dealkylation sites (N-methyl/N-ethyl adjacent to an activating group) is 1. The van der Waals surface area contributed by atoms with Crippen LogP contribution in [0.25, 0.3) is 0 Å². The number of methoxy groups -OCH3 is 1. The molecule has 0 fully saturated rings. The SMILES string of the molecule is CNC(Cc1ccc(OC)c(F)c1)c1ncccc1C. The van der Waals surface area contributed by atoms with Crippen molar-refractivity contribution in [2.24, 2.45) is 0 Å². The Morgan fingerprint density at radius 3 is 2.75 bits per heavy atom. The summed E-state index contributed by atoms with van der Waals surface area (Å²) in [7, 11) is 3.35. The van der Waals surface area contributed by atoms with Crippen molar-refractivity contribution in [1.82, 2.24) is 10.3 Å². The largest absolute Gasteiger partial charge is 0.494 e. The van der Waals surface area contributed by atoms with Crippen molar-refractivity contribution >= 4 is 0 Å². The van der Waals surface area contributed by atoms with Gasteiger partial charge < -0.3 is 10.1 Å². The van der Waals surface area contributed by atoms with Crippen molar-refractivity contribution in [1.29, 1.82) is 0 Å². The van der Waals surface area contributed by atoms with E-state index < -0.39 is 0 Å². The highest BCUT2D eigenvalue weighted by atomic mass is 19.1. The summed E-state index contributed by atoms with van der Waals surface area (Å²) in [6.45, 7) is 2.03. The van der Waals surface area contributed by atoms with Crippen molar-refractivity contribution < 1.29 is 9.13 Å². The molecule has 0 saturated heterocycles. The maximum atomic E-state index is 13.7. The second-order valence-corrected chi connectivity index (χ2v) is 4.72. The molecule has 1 atom stereocenters. The number of nitrogens with zero attached hydrogens (tertiary/aromatic N) is 1. The molecule has 0 saturated carbocycles. The topological polar surface area (TPSA) is 34.1 Å². The van der Waals surface area contributed by atoms with Crippen LogP contribution in [0.1, 0.15) is 22.9 Å². The first-order valence-electron chi connectivity index (χ1n) is 6.57. The van der Waals surface area contributed by atoms with Crippen LogP contribution in [0.4, 0.5) is 4.39 Å². The van der Waals surface area contributed by atoms with Crippen LogP contribution in [0.2, 0.25) is 0 Å². The molecule has 0 spiro atoms. The second-order valence-electron chi connectivity index (χ2n) is 4.72. The average Bonchev–Trinajstić information content (AvgIpc) is 2.46. The van der Waals surface area contributed by atoms with Gasteiger partial charge in [0.2, 0.25) is 0 Å². The van der Waals surface area contributed by atoms with E-state index in [1.54, 1.807) is 12.3 Å². The summed E-state index contributed by atoms with van der Waals surface area (Å²) in [6, 6.07) is 9.05. The van der Waals surface area contributed by atoms with Gasteiger partial charge in [-0.3, -0.25) is 4.98 Å². The number of ether oxygens (including phenoxy) is 1. The maximum Gasteiger partial charge on any atom is 0.165 e. The number of benzene rings is 1. The quantitative estimate of drug-likeness (QED) is 0.910. The zero-order valence-corrected chi connectivity index (χ0v) is 12.0. The van der Waals surface area contributed by atoms with Gasteiger partial charge in [-0.2, -0.15) is 0 Å². The normalized spacial score (nSPS) is 12.2. The van der Waals surface area contributed by atoms with Gasteiger partial charge in [-0.1, -0.05) is 12.1 Å². The Morgan fingerprint density at radius 1 is 1.35 bits per heavy atom. The van der Waals surface area contributed by atoms with E-state index in [0.29, 0.717) is 6.42 Å². The Hall–Kier alpha value is -1.94. The summed E-state index contributed by atoms with van der Waals surface area (Å²) in [5.41, 5.74) is 3.03. The Morgan fingerprint density at radius 2 is 2.15 bits per heavy atom. The first-order chi connectivity index (χ1) is 9.65. The molecule has 0 aliphatic heterocycles. The summed E-state index contributed by atoms with van der Waals surface area (Å²) in [4.78, 5) is 4.42. The van der Waals surface area contributed by atoms with Crippen LogP contribution in [0.15, 0.2) is 36.5 Å². The number of halogens is 1. The molecule has 2 aromatic rings. The molecular formula is C16H19FN2O. The minimum absolute atomic E-state index is 0.0593. The van der Waals surface area contributed by atoms with Crippen molar-refractivity contribution in [2.45, 2.75) is 19.4 Å². The van der Waals surface area contributed by atoms with Gasteiger partial charge in [0.15, 0.2) is 11.6 Å². The van der Waals surface area contributed by atoms with Gasteiger partial charge in [-0.25, -0.2) is 4.39 Å². The number of hydrogen-bond acceptors (Lipinski definition) is 3. The van der Waals surface area contributed by atoms with Crippen LogP contribution in [0.3, 0.4) is 0 Å². The van der Waals surface area contributed by atoms with E-state index in [1.165, 1.54) is 13.2 Å². The Balaban J connectivity index is 2.23. The smallest absolute Gasteiger partial charge is 0.165 e. The zero-order chi connectivity index (χ0) is 14.5. The summed E-state index contributed by atoms with van der Waals surface area (Å²) in [5, 5.41) is 3.24. The van der Waals surface area contributed by atoms with Gasteiger partial charge in [0.05, 0.1) is 18.8 Å². The third-order valence-electron chi connectivity index (χ3n) is 3.38.